The Labute approximate surface area is 92.8 Å². The zero-order valence-electron chi connectivity index (χ0n) is 9.84. The van der Waals surface area contributed by atoms with Crippen molar-refractivity contribution >= 4 is 0 Å². The van der Waals surface area contributed by atoms with Crippen LogP contribution in [0.2, 0.25) is 0 Å². The van der Waals surface area contributed by atoms with E-state index >= 15 is 0 Å². The molecule has 0 radical (unpaired) electrons. The molecule has 0 aromatic rings. The van der Waals surface area contributed by atoms with Crippen molar-refractivity contribution in [3.63, 3.8) is 0 Å². The Balaban J connectivity index is 1.60. The predicted molar refractivity (Wildman–Crippen MR) is 60.3 cm³/mol. The van der Waals surface area contributed by atoms with Gasteiger partial charge in [0.05, 0.1) is 0 Å². The summed E-state index contributed by atoms with van der Waals surface area (Å²) in [6, 6.07) is 0. The third kappa shape index (κ3) is 0.579. The molecule has 0 nitrogen and oxygen atoms in total. The number of rotatable bonds is 2. The molecule has 0 aromatic heterocycles. The molecule has 0 aliphatic heterocycles. The first-order valence-electron chi connectivity index (χ1n) is 7.32. The minimum atomic E-state index is 0.866. The van der Waals surface area contributed by atoms with E-state index in [-0.39, 0.29) is 0 Å². The SMILES string of the molecule is CCC1([C@]23C[C@@H]4C[C@@H]5C[C@H]2[C@H]3[C@@H]54)CCC1. The molecule has 0 heterocycles. The number of hydrogen-bond acceptors (Lipinski definition) is 0. The molecule has 5 fully saturated rings. The van der Waals surface area contributed by atoms with Crippen molar-refractivity contribution in [2.24, 2.45) is 40.4 Å². The molecule has 0 bridgehead atoms. The zero-order chi connectivity index (χ0) is 9.84. The monoisotopic (exact) mass is 202 g/mol. The second-order valence-electron chi connectivity index (χ2n) is 7.43. The van der Waals surface area contributed by atoms with Crippen LogP contribution in [0.4, 0.5) is 0 Å². The van der Waals surface area contributed by atoms with Crippen LogP contribution < -0.4 is 0 Å². The zero-order valence-corrected chi connectivity index (χ0v) is 9.84. The van der Waals surface area contributed by atoms with Crippen molar-refractivity contribution in [3.05, 3.63) is 0 Å². The van der Waals surface area contributed by atoms with Gasteiger partial charge in [0.2, 0.25) is 0 Å². The summed E-state index contributed by atoms with van der Waals surface area (Å²) in [4.78, 5) is 0. The second-order valence-corrected chi connectivity index (χ2v) is 7.43. The topological polar surface area (TPSA) is 0 Å². The molecule has 0 aromatic carbocycles. The highest BCUT2D eigenvalue weighted by molar-refractivity contribution is 5.33. The van der Waals surface area contributed by atoms with E-state index in [1.807, 2.05) is 0 Å². The Morgan fingerprint density at radius 2 is 2.00 bits per heavy atom. The first kappa shape index (κ1) is 8.14. The molecule has 0 amide bonds. The molecule has 5 rings (SSSR count). The largest absolute Gasteiger partial charge is 0.0648 e. The van der Waals surface area contributed by atoms with Crippen LogP contribution in [-0.2, 0) is 0 Å². The van der Waals surface area contributed by atoms with E-state index in [0.717, 1.165) is 10.8 Å². The Kier molecular flexibility index (Phi) is 1.11. The molecule has 0 saturated heterocycles. The van der Waals surface area contributed by atoms with E-state index < -0.39 is 0 Å². The minimum absolute atomic E-state index is 0.866. The minimum Gasteiger partial charge on any atom is -0.0648 e. The predicted octanol–water partition coefficient (Wildman–Crippen LogP) is 3.86. The van der Waals surface area contributed by atoms with Gasteiger partial charge in [-0.05, 0) is 78.9 Å². The third-order valence-electron chi connectivity index (χ3n) is 7.82. The molecular weight excluding hydrogens is 180 g/mol. The van der Waals surface area contributed by atoms with E-state index in [1.165, 1.54) is 36.0 Å². The molecular formula is C15H22. The molecule has 0 heteroatoms. The van der Waals surface area contributed by atoms with Crippen molar-refractivity contribution in [1.82, 2.24) is 0 Å². The van der Waals surface area contributed by atoms with Gasteiger partial charge in [0.25, 0.3) is 0 Å². The summed E-state index contributed by atoms with van der Waals surface area (Å²) in [5.41, 5.74) is 1.80. The summed E-state index contributed by atoms with van der Waals surface area (Å²) >= 11 is 0. The third-order valence-corrected chi connectivity index (χ3v) is 7.82. The Bertz CT molecular complexity index is 334. The van der Waals surface area contributed by atoms with Gasteiger partial charge in [-0.3, -0.25) is 0 Å². The van der Waals surface area contributed by atoms with E-state index in [0.29, 0.717) is 0 Å². The maximum Gasteiger partial charge on any atom is -0.0173 e. The summed E-state index contributed by atoms with van der Waals surface area (Å²) in [6.45, 7) is 2.49. The van der Waals surface area contributed by atoms with Crippen molar-refractivity contribution < 1.29 is 0 Å². The Morgan fingerprint density at radius 1 is 1.13 bits per heavy atom. The summed E-state index contributed by atoms with van der Waals surface area (Å²) in [5, 5.41) is 0. The van der Waals surface area contributed by atoms with Crippen LogP contribution in [-0.4, -0.2) is 0 Å². The maximum atomic E-state index is 2.49. The number of fused-ring (bicyclic) bond motifs is 1. The van der Waals surface area contributed by atoms with Crippen molar-refractivity contribution in [3.8, 4) is 0 Å². The smallest absolute Gasteiger partial charge is 0.0173 e. The van der Waals surface area contributed by atoms with Gasteiger partial charge in [-0.1, -0.05) is 13.3 Å². The van der Waals surface area contributed by atoms with Gasteiger partial charge < -0.3 is 0 Å². The van der Waals surface area contributed by atoms with Crippen LogP contribution >= 0.6 is 0 Å². The van der Waals surface area contributed by atoms with Crippen molar-refractivity contribution in [2.45, 2.75) is 51.9 Å². The molecule has 0 spiro atoms. The molecule has 5 saturated carbocycles. The summed E-state index contributed by atoms with van der Waals surface area (Å²) in [5.74, 6) is 6.16. The van der Waals surface area contributed by atoms with Crippen LogP contribution in [0.1, 0.15) is 51.9 Å². The van der Waals surface area contributed by atoms with Gasteiger partial charge in [0.1, 0.15) is 0 Å². The lowest BCUT2D eigenvalue weighted by molar-refractivity contribution is 0.00655. The van der Waals surface area contributed by atoms with Crippen LogP contribution in [0.5, 0.6) is 0 Å². The summed E-state index contributed by atoms with van der Waals surface area (Å²) in [6.07, 6.45) is 11.2. The molecule has 82 valence electrons. The highest BCUT2D eigenvalue weighted by Gasteiger charge is 2.85. The van der Waals surface area contributed by atoms with E-state index in [2.05, 4.69) is 6.92 Å². The average Bonchev–Trinajstić information content (AvgIpc) is 2.59. The average molecular weight is 202 g/mol. The fraction of sp³-hybridized carbons (Fsp3) is 1.00. The quantitative estimate of drug-likeness (QED) is 0.638. The van der Waals surface area contributed by atoms with Gasteiger partial charge in [-0.2, -0.15) is 0 Å². The van der Waals surface area contributed by atoms with Gasteiger partial charge >= 0.3 is 0 Å². The first-order chi connectivity index (χ1) is 7.32. The van der Waals surface area contributed by atoms with Crippen LogP contribution in [0, 0.1) is 40.4 Å². The van der Waals surface area contributed by atoms with Crippen LogP contribution in [0.25, 0.3) is 0 Å². The molecule has 6 atom stereocenters. The van der Waals surface area contributed by atoms with Gasteiger partial charge in [-0.25, -0.2) is 0 Å². The normalized spacial score (nSPS) is 65.8. The van der Waals surface area contributed by atoms with Crippen LogP contribution in [0.3, 0.4) is 0 Å². The molecule has 5 aliphatic carbocycles. The number of hydrogen-bond donors (Lipinski definition) is 0. The highest BCUT2D eigenvalue weighted by Crippen LogP contribution is 2.91. The van der Waals surface area contributed by atoms with Gasteiger partial charge in [0.15, 0.2) is 0 Å². The summed E-state index contributed by atoms with van der Waals surface area (Å²) < 4.78 is 0. The van der Waals surface area contributed by atoms with Gasteiger partial charge in [-0.15, -0.1) is 0 Å². The Hall–Kier alpha value is 0. The second kappa shape index (κ2) is 2.05. The van der Waals surface area contributed by atoms with E-state index in [1.54, 1.807) is 38.5 Å². The van der Waals surface area contributed by atoms with Gasteiger partial charge in [0, 0.05) is 0 Å². The Morgan fingerprint density at radius 3 is 2.67 bits per heavy atom. The molecule has 0 unspecified atom stereocenters. The van der Waals surface area contributed by atoms with Crippen molar-refractivity contribution in [1.29, 1.82) is 0 Å². The van der Waals surface area contributed by atoms with Crippen molar-refractivity contribution in [2.75, 3.05) is 0 Å². The fourth-order valence-corrected chi connectivity index (χ4v) is 7.23. The summed E-state index contributed by atoms with van der Waals surface area (Å²) in [7, 11) is 0. The highest BCUT2D eigenvalue weighted by atomic mass is 14.9. The lowest BCUT2D eigenvalue weighted by Crippen LogP contribution is -2.40. The standard InChI is InChI=1S/C15H22/c1-2-14(4-3-5-14)15-8-10-6-9-7-11(15)13(15)12(9)10/h9-13H,2-8H2,1H3/t9-,10+,11+,12+,13+,15-/m1/s1. The lowest BCUT2D eigenvalue weighted by Gasteiger charge is -2.49. The molecule has 0 N–H and O–H groups in total. The lowest BCUT2D eigenvalue weighted by atomic mass is 9.55. The van der Waals surface area contributed by atoms with E-state index in [9.17, 15) is 0 Å². The molecule has 5 aliphatic rings. The first-order valence-corrected chi connectivity index (χ1v) is 7.32. The molecule has 15 heavy (non-hydrogen) atoms. The van der Waals surface area contributed by atoms with E-state index in [4.69, 9.17) is 0 Å². The van der Waals surface area contributed by atoms with Crippen LogP contribution in [0.15, 0.2) is 0 Å². The fourth-order valence-electron chi connectivity index (χ4n) is 7.23. The maximum absolute atomic E-state index is 2.49.